The Labute approximate surface area is 166 Å². The van der Waals surface area contributed by atoms with Crippen molar-refractivity contribution in [2.45, 2.75) is 26.1 Å². The van der Waals surface area contributed by atoms with Gasteiger partial charge in [0.15, 0.2) is 0 Å². The molecule has 1 N–H and O–H groups in total. The molecule has 1 heterocycles. The van der Waals surface area contributed by atoms with E-state index in [9.17, 15) is 13.2 Å². The lowest BCUT2D eigenvalue weighted by Gasteiger charge is -2.26. The van der Waals surface area contributed by atoms with Crippen LogP contribution in [0, 0.1) is 13.8 Å². The van der Waals surface area contributed by atoms with Crippen LogP contribution in [0.1, 0.15) is 32.6 Å². The van der Waals surface area contributed by atoms with E-state index in [1.54, 1.807) is 6.07 Å². The lowest BCUT2D eigenvalue weighted by Crippen LogP contribution is -2.41. The highest BCUT2D eigenvalue weighted by atomic mass is 32.2. The summed E-state index contributed by atoms with van der Waals surface area (Å²) in [6.07, 6.45) is 0. The van der Waals surface area contributed by atoms with Gasteiger partial charge in [-0.25, -0.2) is 8.42 Å². The highest BCUT2D eigenvalue weighted by Gasteiger charge is 2.25. The summed E-state index contributed by atoms with van der Waals surface area (Å²) in [4.78, 5) is 12.5. The van der Waals surface area contributed by atoms with Crippen LogP contribution in [-0.2, 0) is 27.1 Å². The van der Waals surface area contributed by atoms with Crippen molar-refractivity contribution in [2.24, 2.45) is 0 Å². The first kappa shape index (κ1) is 20.5. The Hall–Kier alpha value is -2.22. The third-order valence-corrected chi connectivity index (χ3v) is 6.57. The maximum Gasteiger partial charge on any atom is 0.251 e. The Kier molecular flexibility index (Phi) is 6.49. The smallest absolute Gasteiger partial charge is 0.251 e. The number of ether oxygens (including phenoxy) is 1. The molecule has 1 aliphatic rings. The van der Waals surface area contributed by atoms with Gasteiger partial charge in [-0.3, -0.25) is 4.79 Å². The number of nitrogens with zero attached hydrogens (tertiary/aromatic N) is 1. The van der Waals surface area contributed by atoms with Crippen molar-refractivity contribution >= 4 is 15.9 Å². The van der Waals surface area contributed by atoms with E-state index in [1.165, 1.54) is 4.31 Å². The molecule has 0 bridgehead atoms. The molecule has 0 unspecified atom stereocenters. The number of amides is 1. The van der Waals surface area contributed by atoms with Crippen molar-refractivity contribution in [1.29, 1.82) is 0 Å². The van der Waals surface area contributed by atoms with Gasteiger partial charge in [0.1, 0.15) is 0 Å². The van der Waals surface area contributed by atoms with E-state index >= 15 is 0 Å². The van der Waals surface area contributed by atoms with Gasteiger partial charge in [-0.1, -0.05) is 41.5 Å². The molecule has 1 saturated heterocycles. The number of morpholine rings is 1. The number of hydrogen-bond acceptors (Lipinski definition) is 4. The second-order valence-corrected chi connectivity index (χ2v) is 9.06. The summed E-state index contributed by atoms with van der Waals surface area (Å²) in [5.74, 6) is -0.250. The summed E-state index contributed by atoms with van der Waals surface area (Å²) in [6.45, 7) is 5.80. The van der Waals surface area contributed by atoms with Crippen LogP contribution in [0.15, 0.2) is 42.5 Å². The average molecular weight is 403 g/mol. The van der Waals surface area contributed by atoms with Gasteiger partial charge in [0, 0.05) is 25.2 Å². The molecule has 1 fully saturated rings. The van der Waals surface area contributed by atoms with Crippen LogP contribution in [0.4, 0.5) is 0 Å². The van der Waals surface area contributed by atoms with Crippen LogP contribution in [0.3, 0.4) is 0 Å². The lowest BCUT2D eigenvalue weighted by molar-refractivity contribution is 0.0729. The molecule has 28 heavy (non-hydrogen) atoms. The lowest BCUT2D eigenvalue weighted by atomic mass is 10.1. The monoisotopic (exact) mass is 402 g/mol. The fourth-order valence-electron chi connectivity index (χ4n) is 3.37. The van der Waals surface area contributed by atoms with Gasteiger partial charge in [-0.05, 0) is 37.1 Å². The highest BCUT2D eigenvalue weighted by molar-refractivity contribution is 7.88. The summed E-state index contributed by atoms with van der Waals surface area (Å²) >= 11 is 0. The first-order chi connectivity index (χ1) is 13.3. The number of carbonyl (C=O) groups excluding carboxylic acids is 1. The molecule has 7 heteroatoms. The van der Waals surface area contributed by atoms with Crippen molar-refractivity contribution in [2.75, 3.05) is 26.3 Å². The number of sulfonamides is 1. The number of benzene rings is 2. The molecule has 6 nitrogen and oxygen atoms in total. The maximum atomic E-state index is 12.7. The fourth-order valence-corrected chi connectivity index (χ4v) is 4.93. The Morgan fingerprint density at radius 2 is 1.64 bits per heavy atom. The van der Waals surface area contributed by atoms with E-state index in [0.29, 0.717) is 37.4 Å². The van der Waals surface area contributed by atoms with E-state index in [2.05, 4.69) is 5.32 Å². The molecule has 1 amide bonds. The summed E-state index contributed by atoms with van der Waals surface area (Å²) in [7, 11) is -3.42. The van der Waals surface area contributed by atoms with Gasteiger partial charge in [-0.15, -0.1) is 0 Å². The minimum absolute atomic E-state index is 0.0808. The molecule has 2 aromatic rings. The van der Waals surface area contributed by atoms with Crippen molar-refractivity contribution in [3.63, 3.8) is 0 Å². The minimum atomic E-state index is -3.42. The van der Waals surface area contributed by atoms with Gasteiger partial charge in [0.05, 0.1) is 19.0 Å². The summed E-state index contributed by atoms with van der Waals surface area (Å²) in [6, 6.07) is 13.0. The molecule has 150 valence electrons. The molecule has 0 aliphatic carbocycles. The quantitative estimate of drug-likeness (QED) is 0.805. The molecule has 2 aromatic carbocycles. The molecule has 1 aliphatic heterocycles. The number of hydrogen-bond donors (Lipinski definition) is 1. The topological polar surface area (TPSA) is 75.7 Å². The Morgan fingerprint density at radius 3 is 2.29 bits per heavy atom. The van der Waals surface area contributed by atoms with Crippen molar-refractivity contribution in [3.05, 3.63) is 70.3 Å². The zero-order valence-electron chi connectivity index (χ0n) is 16.3. The molecular weight excluding hydrogens is 376 g/mol. The van der Waals surface area contributed by atoms with E-state index in [-0.39, 0.29) is 18.2 Å². The van der Waals surface area contributed by atoms with Crippen molar-refractivity contribution in [3.8, 4) is 0 Å². The number of nitrogens with one attached hydrogen (secondary N) is 1. The molecule has 0 saturated carbocycles. The van der Waals surface area contributed by atoms with Gasteiger partial charge in [0.2, 0.25) is 10.0 Å². The van der Waals surface area contributed by atoms with Crippen LogP contribution >= 0.6 is 0 Å². The van der Waals surface area contributed by atoms with Crippen LogP contribution in [0.5, 0.6) is 0 Å². The second kappa shape index (κ2) is 8.86. The molecule has 3 rings (SSSR count). The predicted octanol–water partition coefficient (Wildman–Crippen LogP) is 2.40. The Morgan fingerprint density at radius 1 is 1.04 bits per heavy atom. The third kappa shape index (κ3) is 5.19. The minimum Gasteiger partial charge on any atom is -0.379 e. The fraction of sp³-hybridized carbons (Fsp3) is 0.381. The zero-order chi connectivity index (χ0) is 20.1. The standard InChI is InChI=1S/C21H26N2O4S/c1-16-11-17(2)13-20(12-16)21(24)22-14-18-5-3-4-6-19(18)15-28(25,26)23-7-9-27-10-8-23/h3-6,11-13H,7-10,14-15H2,1-2H3,(H,22,24). The molecule has 0 spiro atoms. The molecular formula is C21H26N2O4S. The van der Waals surface area contributed by atoms with Crippen LogP contribution < -0.4 is 5.32 Å². The third-order valence-electron chi connectivity index (χ3n) is 4.74. The van der Waals surface area contributed by atoms with Gasteiger partial charge in [0.25, 0.3) is 5.91 Å². The first-order valence-electron chi connectivity index (χ1n) is 9.34. The number of rotatable bonds is 6. The molecule has 0 radical (unpaired) electrons. The van der Waals surface area contributed by atoms with Crippen molar-refractivity contribution in [1.82, 2.24) is 9.62 Å². The average Bonchev–Trinajstić information content (AvgIpc) is 2.67. The van der Waals surface area contributed by atoms with Crippen molar-refractivity contribution < 1.29 is 17.9 Å². The number of carbonyl (C=O) groups is 1. The Balaban J connectivity index is 1.71. The summed E-state index contributed by atoms with van der Waals surface area (Å²) in [5, 5.41) is 2.91. The number of aryl methyl sites for hydroxylation is 2. The molecule has 0 aromatic heterocycles. The van der Waals surface area contributed by atoms with Gasteiger partial charge >= 0.3 is 0 Å². The zero-order valence-corrected chi connectivity index (χ0v) is 17.1. The van der Waals surface area contributed by atoms with Crippen LogP contribution in [0.2, 0.25) is 0 Å². The Bertz CT molecular complexity index is 930. The van der Waals surface area contributed by atoms with E-state index < -0.39 is 10.0 Å². The van der Waals surface area contributed by atoms with Crippen LogP contribution in [-0.4, -0.2) is 44.9 Å². The van der Waals surface area contributed by atoms with E-state index in [4.69, 9.17) is 4.74 Å². The normalized spacial score (nSPS) is 15.4. The highest BCUT2D eigenvalue weighted by Crippen LogP contribution is 2.17. The summed E-state index contributed by atoms with van der Waals surface area (Å²) < 4.78 is 32.2. The van der Waals surface area contributed by atoms with E-state index in [1.807, 2.05) is 50.2 Å². The van der Waals surface area contributed by atoms with Gasteiger partial charge in [-0.2, -0.15) is 4.31 Å². The maximum absolute atomic E-state index is 12.7. The summed E-state index contributed by atoms with van der Waals surface area (Å²) in [5.41, 5.74) is 4.17. The molecule has 0 atom stereocenters. The second-order valence-electron chi connectivity index (χ2n) is 7.10. The predicted molar refractivity (Wildman–Crippen MR) is 109 cm³/mol. The van der Waals surface area contributed by atoms with Crippen LogP contribution in [0.25, 0.3) is 0 Å². The van der Waals surface area contributed by atoms with E-state index in [0.717, 1.165) is 16.7 Å². The largest absolute Gasteiger partial charge is 0.379 e. The first-order valence-corrected chi connectivity index (χ1v) is 10.9. The van der Waals surface area contributed by atoms with Gasteiger partial charge < -0.3 is 10.1 Å². The SMILES string of the molecule is Cc1cc(C)cc(C(=O)NCc2ccccc2CS(=O)(=O)N2CCOCC2)c1.